The summed E-state index contributed by atoms with van der Waals surface area (Å²) in [6.07, 6.45) is 100. The summed E-state index contributed by atoms with van der Waals surface area (Å²) < 4.78 is 5.50. The van der Waals surface area contributed by atoms with Crippen LogP contribution >= 0.6 is 0 Å². The van der Waals surface area contributed by atoms with Gasteiger partial charge in [-0.3, -0.25) is 9.59 Å². The van der Waals surface area contributed by atoms with E-state index in [0.717, 1.165) is 57.8 Å². The molecule has 0 bridgehead atoms. The first-order valence-corrected chi connectivity index (χ1v) is 39.4. The van der Waals surface area contributed by atoms with Crippen LogP contribution in [0.4, 0.5) is 0 Å². The normalized spacial score (nSPS) is 12.7. The van der Waals surface area contributed by atoms with E-state index in [1.54, 1.807) is 0 Å². The van der Waals surface area contributed by atoms with E-state index in [-0.39, 0.29) is 18.5 Å². The van der Waals surface area contributed by atoms with Gasteiger partial charge in [-0.2, -0.15) is 0 Å². The van der Waals surface area contributed by atoms with Crippen LogP contribution in [0.25, 0.3) is 0 Å². The number of hydrogen-bond acceptors (Lipinski definition) is 5. The topological polar surface area (TPSA) is 95.9 Å². The van der Waals surface area contributed by atoms with Gasteiger partial charge >= 0.3 is 5.97 Å². The first-order chi connectivity index (χ1) is 43.0. The Bertz CT molecular complexity index is 1450. The quantitative estimate of drug-likeness (QED) is 0.0320. The molecule has 0 fully saturated rings. The molecule has 0 aliphatic rings. The van der Waals surface area contributed by atoms with E-state index in [1.807, 2.05) is 0 Å². The molecule has 6 heteroatoms. The maximum Gasteiger partial charge on any atom is 0.305 e. The minimum atomic E-state index is -0.667. The van der Waals surface area contributed by atoms with Crippen LogP contribution in [0.5, 0.6) is 0 Å². The zero-order valence-electron chi connectivity index (χ0n) is 58.8. The lowest BCUT2D eigenvalue weighted by molar-refractivity contribution is -0.143. The molecule has 512 valence electrons. The van der Waals surface area contributed by atoms with Crippen molar-refractivity contribution in [3.05, 3.63) is 48.6 Å². The Morgan fingerprint density at radius 3 is 0.885 bits per heavy atom. The molecule has 2 unspecified atom stereocenters. The first kappa shape index (κ1) is 84.8. The lowest BCUT2D eigenvalue weighted by Crippen LogP contribution is -2.45. The molecule has 0 aromatic carbocycles. The second-order valence-electron chi connectivity index (χ2n) is 27.0. The monoisotopic (exact) mass is 1220 g/mol. The van der Waals surface area contributed by atoms with E-state index in [4.69, 9.17) is 4.74 Å². The number of esters is 1. The van der Waals surface area contributed by atoms with Gasteiger partial charge in [-0.25, -0.2) is 0 Å². The zero-order chi connectivity index (χ0) is 62.8. The highest BCUT2D eigenvalue weighted by Gasteiger charge is 2.20. The Labute approximate surface area is 544 Å². The molecule has 0 aromatic rings. The van der Waals surface area contributed by atoms with Crippen LogP contribution in [0, 0.1) is 0 Å². The molecule has 2 atom stereocenters. The van der Waals surface area contributed by atoms with Gasteiger partial charge in [0.2, 0.25) is 5.91 Å². The molecule has 3 N–H and O–H groups in total. The van der Waals surface area contributed by atoms with Gasteiger partial charge in [0, 0.05) is 12.8 Å². The van der Waals surface area contributed by atoms with Crippen LogP contribution in [0.2, 0.25) is 0 Å². The van der Waals surface area contributed by atoms with Gasteiger partial charge < -0.3 is 20.3 Å². The number of aliphatic hydroxyl groups excluding tert-OH is 2. The molecule has 6 nitrogen and oxygen atoms in total. The molecule has 0 saturated carbocycles. The van der Waals surface area contributed by atoms with Gasteiger partial charge in [-0.1, -0.05) is 377 Å². The summed E-state index contributed by atoms with van der Waals surface area (Å²) in [5.74, 6) is -0.0262. The van der Waals surface area contributed by atoms with Crippen molar-refractivity contribution in [3.63, 3.8) is 0 Å². The molecule has 0 rings (SSSR count). The number of ether oxygens (including phenoxy) is 1. The Kier molecular flexibility index (Phi) is 74.4. The Morgan fingerprint density at radius 2 is 0.575 bits per heavy atom. The molecule has 0 radical (unpaired) electrons. The van der Waals surface area contributed by atoms with Crippen LogP contribution in [0.15, 0.2) is 48.6 Å². The highest BCUT2D eigenvalue weighted by Crippen LogP contribution is 2.19. The summed E-state index contributed by atoms with van der Waals surface area (Å²) in [4.78, 5) is 24.7. The molecule has 0 aliphatic heterocycles. The van der Waals surface area contributed by atoms with Crippen LogP contribution < -0.4 is 5.32 Å². The Morgan fingerprint density at radius 1 is 0.322 bits per heavy atom. The van der Waals surface area contributed by atoms with Crippen molar-refractivity contribution in [2.24, 2.45) is 0 Å². The average Bonchev–Trinajstić information content (AvgIpc) is 3.53. The van der Waals surface area contributed by atoms with Gasteiger partial charge in [0.25, 0.3) is 0 Å². The minimum Gasteiger partial charge on any atom is -0.466 e. The largest absolute Gasteiger partial charge is 0.466 e. The summed E-state index contributed by atoms with van der Waals surface area (Å²) in [6, 6.07) is -0.545. The molecule has 1 amide bonds. The maximum atomic E-state index is 12.6. The smallest absolute Gasteiger partial charge is 0.305 e. The summed E-state index contributed by atoms with van der Waals surface area (Å²) in [7, 11) is 0. The van der Waals surface area contributed by atoms with Crippen molar-refractivity contribution in [2.45, 2.75) is 443 Å². The average molecular weight is 1220 g/mol. The number of allylic oxidation sites excluding steroid dienone is 8. The number of hydrogen-bond donors (Lipinski definition) is 3. The number of carbonyl (C=O) groups excluding carboxylic acids is 2. The van der Waals surface area contributed by atoms with Gasteiger partial charge in [0.05, 0.1) is 25.4 Å². The number of nitrogens with one attached hydrogen (secondary N) is 1. The number of amides is 1. The predicted molar refractivity (Wildman–Crippen MR) is 384 cm³/mol. The SMILES string of the molecule is CCCCCC/C=C\C/C=C\CCCCCCCCCC(=O)OCCCCCCCCCCC/C=C\C/C=C\CCCCCCCCCCCCCCCC(=O)NC(CO)C(O)CCCCCCCCCCCCCCCCCCCCCCCCC. The molecule has 0 spiro atoms. The molecule has 0 aliphatic carbocycles. The van der Waals surface area contributed by atoms with E-state index >= 15 is 0 Å². The Balaban J connectivity index is 3.40. The molecule has 87 heavy (non-hydrogen) atoms. The van der Waals surface area contributed by atoms with E-state index in [2.05, 4.69) is 67.8 Å². The van der Waals surface area contributed by atoms with Crippen LogP contribution in [0.1, 0.15) is 431 Å². The molecule has 0 heterocycles. The second-order valence-corrected chi connectivity index (χ2v) is 27.0. The third-order valence-electron chi connectivity index (χ3n) is 18.4. The van der Waals surface area contributed by atoms with Crippen molar-refractivity contribution >= 4 is 11.9 Å². The van der Waals surface area contributed by atoms with Crippen molar-refractivity contribution in [1.82, 2.24) is 5.32 Å². The molecule has 0 aromatic heterocycles. The highest BCUT2D eigenvalue weighted by atomic mass is 16.5. The standard InChI is InChI=1S/C81H153NO5/c1-3-5-7-9-11-13-15-17-19-21-23-24-32-35-38-41-45-49-53-57-61-65-69-73-79(84)78(77-83)82-80(85)74-70-66-62-58-54-50-46-42-39-36-33-30-28-26-25-27-29-31-34-37-40-44-48-52-56-60-64-68-72-76-87-81(86)75-71-67-63-59-55-51-47-43-22-20-18-16-14-12-10-8-6-4-2/h14,16,20,22,25,27,31,34,78-79,83-84H,3-13,15,17-19,21,23-24,26,28-30,32-33,35-77H2,1-2H3,(H,82,85)/b16-14-,22-20-,27-25-,34-31-. The molecular weight excluding hydrogens is 1070 g/mol. The number of unbranched alkanes of at least 4 members (excludes halogenated alkanes) is 55. The fourth-order valence-corrected chi connectivity index (χ4v) is 12.4. The fraction of sp³-hybridized carbons (Fsp3) is 0.877. The van der Waals surface area contributed by atoms with Crippen molar-refractivity contribution in [3.8, 4) is 0 Å². The van der Waals surface area contributed by atoms with Gasteiger partial charge in [-0.15, -0.1) is 0 Å². The third kappa shape index (κ3) is 72.8. The minimum absolute atomic E-state index is 0.00526. The van der Waals surface area contributed by atoms with E-state index < -0.39 is 12.1 Å². The van der Waals surface area contributed by atoms with Crippen LogP contribution in [-0.2, 0) is 14.3 Å². The highest BCUT2D eigenvalue weighted by molar-refractivity contribution is 5.76. The van der Waals surface area contributed by atoms with Gasteiger partial charge in [0.1, 0.15) is 0 Å². The third-order valence-corrected chi connectivity index (χ3v) is 18.4. The van der Waals surface area contributed by atoms with Gasteiger partial charge in [0.15, 0.2) is 0 Å². The van der Waals surface area contributed by atoms with Gasteiger partial charge in [-0.05, 0) is 89.9 Å². The first-order valence-electron chi connectivity index (χ1n) is 39.4. The fourth-order valence-electron chi connectivity index (χ4n) is 12.4. The molecule has 0 saturated heterocycles. The van der Waals surface area contributed by atoms with Crippen molar-refractivity contribution in [2.75, 3.05) is 13.2 Å². The number of aliphatic hydroxyl groups is 2. The van der Waals surface area contributed by atoms with Crippen molar-refractivity contribution < 1.29 is 24.5 Å². The summed E-state index contributed by atoms with van der Waals surface area (Å²) in [6.45, 7) is 4.97. The van der Waals surface area contributed by atoms with Crippen LogP contribution in [-0.4, -0.2) is 47.4 Å². The Hall–Kier alpha value is -2.18. The summed E-state index contributed by atoms with van der Waals surface area (Å²) >= 11 is 0. The van der Waals surface area contributed by atoms with E-state index in [1.165, 1.54) is 340 Å². The lowest BCUT2D eigenvalue weighted by Gasteiger charge is -2.22. The number of rotatable bonds is 74. The second kappa shape index (κ2) is 76.3. The van der Waals surface area contributed by atoms with E-state index in [9.17, 15) is 19.8 Å². The van der Waals surface area contributed by atoms with Crippen LogP contribution in [0.3, 0.4) is 0 Å². The maximum absolute atomic E-state index is 12.6. The number of carbonyl (C=O) groups is 2. The molecular formula is C81H153NO5. The summed E-state index contributed by atoms with van der Waals surface area (Å²) in [5.41, 5.74) is 0. The van der Waals surface area contributed by atoms with E-state index in [0.29, 0.717) is 25.9 Å². The predicted octanol–water partition coefficient (Wildman–Crippen LogP) is 26.0. The van der Waals surface area contributed by atoms with Crippen molar-refractivity contribution in [1.29, 1.82) is 0 Å². The lowest BCUT2D eigenvalue weighted by atomic mass is 10.0. The summed E-state index contributed by atoms with van der Waals surface area (Å²) in [5, 5.41) is 23.5. The zero-order valence-corrected chi connectivity index (χ0v) is 58.8.